The third-order valence-corrected chi connectivity index (χ3v) is 2.86. The van der Waals surface area contributed by atoms with Gasteiger partial charge in [0, 0.05) is 16.3 Å². The smallest absolute Gasteiger partial charge is 0.0798 e. The van der Waals surface area contributed by atoms with Gasteiger partial charge in [0.2, 0.25) is 0 Å². The highest BCUT2D eigenvalue weighted by Crippen LogP contribution is 2.32. The lowest BCUT2D eigenvalue weighted by molar-refractivity contribution is 1.41. The van der Waals surface area contributed by atoms with E-state index in [0.717, 1.165) is 5.69 Å². The van der Waals surface area contributed by atoms with Crippen molar-refractivity contribution in [2.24, 2.45) is 0 Å². The maximum Gasteiger partial charge on any atom is 0.0798 e. The molecule has 0 saturated heterocycles. The van der Waals surface area contributed by atoms with E-state index < -0.39 is 0 Å². The number of hydrogen-bond acceptors (Lipinski definition) is 2. The van der Waals surface area contributed by atoms with Crippen LogP contribution in [0.15, 0.2) is 41.2 Å². The van der Waals surface area contributed by atoms with Crippen LogP contribution in [0.3, 0.4) is 0 Å². The van der Waals surface area contributed by atoms with Gasteiger partial charge < -0.3 is 0 Å². The molecule has 0 aromatic heterocycles. The van der Waals surface area contributed by atoms with Crippen LogP contribution < -0.4 is 0 Å². The molecule has 1 aromatic rings. The molecule has 62 valence electrons. The van der Waals surface area contributed by atoms with Crippen molar-refractivity contribution < 1.29 is 0 Å². The standard InChI is InChI=1S/C11H7NS/c1-2-4-10-8(3-1)5-9-6-13-7-12-11(9)10/h1-7H. The third-order valence-electron chi connectivity index (χ3n) is 2.24. The Labute approximate surface area is 80.0 Å². The summed E-state index contributed by atoms with van der Waals surface area (Å²) in [6.45, 7) is 0. The molecular formula is C11H7NS. The fraction of sp³-hybridized carbons (Fsp3) is 0. The minimum Gasteiger partial charge on any atom is -0.245 e. The van der Waals surface area contributed by atoms with E-state index in [4.69, 9.17) is 0 Å². The summed E-state index contributed by atoms with van der Waals surface area (Å²) in [5, 5.41) is 4.68. The van der Waals surface area contributed by atoms with Crippen LogP contribution in [-0.2, 0) is 0 Å². The largest absolute Gasteiger partial charge is 0.245 e. The highest BCUT2D eigenvalue weighted by Gasteiger charge is 2.08. The van der Waals surface area contributed by atoms with Crippen LogP contribution in [-0.4, -0.2) is 4.98 Å². The van der Waals surface area contributed by atoms with Gasteiger partial charge in [-0.2, -0.15) is 0 Å². The summed E-state index contributed by atoms with van der Waals surface area (Å²) >= 11 is 1.64. The fourth-order valence-electron chi connectivity index (χ4n) is 1.65. The van der Waals surface area contributed by atoms with Gasteiger partial charge in [0.1, 0.15) is 0 Å². The zero-order valence-corrected chi connectivity index (χ0v) is 7.71. The van der Waals surface area contributed by atoms with Crippen molar-refractivity contribution in [3.63, 3.8) is 0 Å². The summed E-state index contributed by atoms with van der Waals surface area (Å²) in [7, 11) is 0. The van der Waals surface area contributed by atoms with Crippen LogP contribution in [0.2, 0.25) is 0 Å². The van der Waals surface area contributed by atoms with E-state index in [0.29, 0.717) is 0 Å². The Morgan fingerprint density at radius 1 is 1.15 bits per heavy atom. The molecule has 13 heavy (non-hydrogen) atoms. The molecule has 1 aliphatic heterocycles. The molecule has 0 atom stereocenters. The predicted octanol–water partition coefficient (Wildman–Crippen LogP) is 3.40. The molecule has 0 saturated carbocycles. The van der Waals surface area contributed by atoms with Crippen LogP contribution in [0.25, 0.3) is 22.0 Å². The van der Waals surface area contributed by atoms with Crippen molar-refractivity contribution in [2.45, 2.75) is 0 Å². The maximum absolute atomic E-state index is 4.39. The molecule has 0 radical (unpaired) electrons. The van der Waals surface area contributed by atoms with Gasteiger partial charge in [-0.25, -0.2) is 4.98 Å². The number of benzene rings is 1. The lowest BCUT2D eigenvalue weighted by Crippen LogP contribution is -1.75. The quantitative estimate of drug-likeness (QED) is 0.523. The topological polar surface area (TPSA) is 12.9 Å². The first-order valence-electron chi connectivity index (χ1n) is 4.15. The summed E-state index contributed by atoms with van der Waals surface area (Å²) in [6.07, 6.45) is 0. The Hall–Kier alpha value is -1.41. The average Bonchev–Trinajstić information content (AvgIpc) is 2.56. The predicted molar refractivity (Wildman–Crippen MR) is 56.2 cm³/mol. The van der Waals surface area contributed by atoms with Crippen molar-refractivity contribution >= 4 is 22.1 Å². The summed E-state index contributed by atoms with van der Waals surface area (Å²) in [4.78, 5) is 4.39. The molecule has 2 aliphatic rings. The lowest BCUT2D eigenvalue weighted by atomic mass is 10.2. The van der Waals surface area contributed by atoms with Crippen LogP contribution in [0.1, 0.15) is 0 Å². The second kappa shape index (κ2) is 2.54. The van der Waals surface area contributed by atoms with E-state index in [2.05, 4.69) is 40.7 Å². The van der Waals surface area contributed by atoms with E-state index >= 15 is 0 Å². The number of hydrogen-bond donors (Lipinski definition) is 0. The molecule has 3 rings (SSSR count). The van der Waals surface area contributed by atoms with Gasteiger partial charge in [-0.1, -0.05) is 24.3 Å². The normalized spacial score (nSPS) is 11.1. The monoisotopic (exact) mass is 185 g/mol. The summed E-state index contributed by atoms with van der Waals surface area (Å²) in [5.74, 6) is 0. The summed E-state index contributed by atoms with van der Waals surface area (Å²) < 4.78 is 0. The lowest BCUT2D eigenvalue weighted by Gasteiger charge is -1.94. The van der Waals surface area contributed by atoms with Gasteiger partial charge >= 0.3 is 0 Å². The minimum atomic E-state index is 1.12. The van der Waals surface area contributed by atoms with Gasteiger partial charge in [-0.05, 0) is 11.5 Å². The highest BCUT2D eigenvalue weighted by molar-refractivity contribution is 7.07. The number of nitrogens with zero attached hydrogens (tertiary/aromatic N) is 1. The van der Waals surface area contributed by atoms with Crippen LogP contribution in [0.4, 0.5) is 0 Å². The van der Waals surface area contributed by atoms with Crippen LogP contribution in [0, 0.1) is 0 Å². The molecule has 0 spiro atoms. The Morgan fingerprint density at radius 2 is 2.08 bits per heavy atom. The molecule has 2 heteroatoms. The first-order chi connectivity index (χ1) is 6.45. The fourth-order valence-corrected chi connectivity index (χ4v) is 2.20. The second-order valence-corrected chi connectivity index (χ2v) is 3.74. The Morgan fingerprint density at radius 3 is 3.08 bits per heavy atom. The van der Waals surface area contributed by atoms with Gasteiger partial charge in [0.05, 0.1) is 11.2 Å². The van der Waals surface area contributed by atoms with Crippen molar-refractivity contribution in [1.29, 1.82) is 0 Å². The maximum atomic E-state index is 4.39. The van der Waals surface area contributed by atoms with Gasteiger partial charge in [-0.3, -0.25) is 0 Å². The first kappa shape index (κ1) is 7.04. The Kier molecular flexibility index (Phi) is 1.37. The molecule has 0 unspecified atom stereocenters. The molecular weight excluding hydrogens is 178 g/mol. The first-order valence-corrected chi connectivity index (χ1v) is 5.09. The zero-order valence-electron chi connectivity index (χ0n) is 6.90. The average molecular weight is 185 g/mol. The number of fused-ring (bicyclic) bond motifs is 3. The Bertz CT molecular complexity index is 527. The van der Waals surface area contributed by atoms with Crippen LogP contribution >= 0.6 is 11.3 Å². The number of aromatic nitrogens is 1. The SMILES string of the molecule is c1ccc2c3ncscc-3cc2c1. The van der Waals surface area contributed by atoms with E-state index in [1.54, 1.807) is 11.3 Å². The summed E-state index contributed by atoms with van der Waals surface area (Å²) in [6, 6.07) is 10.6. The molecule has 1 heterocycles. The molecule has 0 fully saturated rings. The molecule has 1 aromatic carbocycles. The van der Waals surface area contributed by atoms with Crippen molar-refractivity contribution in [1.82, 2.24) is 4.98 Å². The zero-order chi connectivity index (χ0) is 8.67. The molecule has 0 amide bonds. The van der Waals surface area contributed by atoms with E-state index in [1.807, 2.05) is 5.51 Å². The molecule has 1 nitrogen and oxygen atoms in total. The second-order valence-electron chi connectivity index (χ2n) is 3.02. The third kappa shape index (κ3) is 0.956. The highest BCUT2D eigenvalue weighted by atomic mass is 32.1. The van der Waals surface area contributed by atoms with Gasteiger partial charge in [0.15, 0.2) is 0 Å². The van der Waals surface area contributed by atoms with E-state index in [-0.39, 0.29) is 0 Å². The molecule has 0 bridgehead atoms. The Balaban J connectivity index is 2.56. The van der Waals surface area contributed by atoms with Crippen molar-refractivity contribution in [3.8, 4) is 11.3 Å². The number of rotatable bonds is 0. The summed E-state index contributed by atoms with van der Waals surface area (Å²) in [5.41, 5.74) is 4.25. The van der Waals surface area contributed by atoms with E-state index in [9.17, 15) is 0 Å². The van der Waals surface area contributed by atoms with Crippen molar-refractivity contribution in [3.05, 3.63) is 41.2 Å². The van der Waals surface area contributed by atoms with E-state index in [1.165, 1.54) is 16.3 Å². The van der Waals surface area contributed by atoms with Gasteiger partial charge in [0.25, 0.3) is 0 Å². The molecule has 1 aliphatic carbocycles. The minimum absolute atomic E-state index is 1.12. The van der Waals surface area contributed by atoms with Crippen LogP contribution in [0.5, 0.6) is 0 Å². The van der Waals surface area contributed by atoms with Gasteiger partial charge in [-0.15, -0.1) is 11.3 Å². The molecule has 0 N–H and O–H groups in total. The van der Waals surface area contributed by atoms with Crippen molar-refractivity contribution in [2.75, 3.05) is 0 Å².